The van der Waals surface area contributed by atoms with Crippen molar-refractivity contribution in [3.63, 3.8) is 0 Å². The zero-order valence-electron chi connectivity index (χ0n) is 9.81. The molecule has 0 amide bonds. The van der Waals surface area contributed by atoms with Crippen molar-refractivity contribution in [1.82, 2.24) is 4.57 Å². The first kappa shape index (κ1) is 10.3. The van der Waals surface area contributed by atoms with Crippen LogP contribution in [-0.2, 0) is 17.4 Å². The van der Waals surface area contributed by atoms with Crippen LogP contribution in [-0.4, -0.2) is 10.6 Å². The summed E-state index contributed by atoms with van der Waals surface area (Å²) in [6, 6.07) is 8.43. The predicted molar refractivity (Wildman–Crippen MR) is 66.6 cm³/mol. The number of aryl methyl sites for hydroxylation is 1. The van der Waals surface area contributed by atoms with Crippen molar-refractivity contribution in [3.8, 4) is 0 Å². The summed E-state index contributed by atoms with van der Waals surface area (Å²) in [6.45, 7) is 0. The third kappa shape index (κ3) is 1.43. The standard InChI is InChI=1S/C14H14N2O/c1-16-8-5-11-3-4-12(9-13(11)16)14(15-10-17)6-2-7-14/h3-5,8-9H,2,6-7H2,1H3. The molecule has 0 bridgehead atoms. The lowest BCUT2D eigenvalue weighted by molar-refractivity contribution is 0.256. The van der Waals surface area contributed by atoms with Gasteiger partial charge >= 0.3 is 0 Å². The van der Waals surface area contributed by atoms with Crippen molar-refractivity contribution in [1.29, 1.82) is 0 Å². The number of fused-ring (bicyclic) bond motifs is 1. The molecule has 3 rings (SSSR count). The molecule has 1 heterocycles. The molecule has 86 valence electrons. The van der Waals surface area contributed by atoms with E-state index in [9.17, 15) is 4.79 Å². The highest BCUT2D eigenvalue weighted by atomic mass is 16.1. The summed E-state index contributed by atoms with van der Waals surface area (Å²) in [4.78, 5) is 14.6. The van der Waals surface area contributed by atoms with Gasteiger partial charge in [0.2, 0.25) is 6.08 Å². The van der Waals surface area contributed by atoms with Gasteiger partial charge in [-0.1, -0.05) is 12.1 Å². The minimum atomic E-state index is -0.291. The van der Waals surface area contributed by atoms with Gasteiger partial charge in [0.1, 0.15) is 0 Å². The van der Waals surface area contributed by atoms with Gasteiger partial charge < -0.3 is 4.57 Å². The van der Waals surface area contributed by atoms with Crippen LogP contribution in [0.15, 0.2) is 35.5 Å². The number of aliphatic imine (C=N–C) groups is 1. The topological polar surface area (TPSA) is 34.4 Å². The van der Waals surface area contributed by atoms with E-state index >= 15 is 0 Å². The largest absolute Gasteiger partial charge is 0.351 e. The summed E-state index contributed by atoms with van der Waals surface area (Å²) < 4.78 is 2.09. The van der Waals surface area contributed by atoms with Crippen molar-refractivity contribution < 1.29 is 4.79 Å². The molecule has 1 aromatic heterocycles. The highest BCUT2D eigenvalue weighted by Crippen LogP contribution is 2.45. The van der Waals surface area contributed by atoms with Crippen LogP contribution in [0.25, 0.3) is 10.9 Å². The number of aromatic nitrogens is 1. The lowest BCUT2D eigenvalue weighted by atomic mass is 9.72. The molecular formula is C14H14N2O. The van der Waals surface area contributed by atoms with E-state index in [-0.39, 0.29) is 5.54 Å². The van der Waals surface area contributed by atoms with Crippen molar-refractivity contribution in [3.05, 3.63) is 36.0 Å². The third-order valence-corrected chi connectivity index (χ3v) is 3.87. The monoisotopic (exact) mass is 226 g/mol. The number of rotatable bonds is 2. The van der Waals surface area contributed by atoms with Crippen LogP contribution in [0.4, 0.5) is 0 Å². The maximum absolute atomic E-state index is 10.6. The van der Waals surface area contributed by atoms with Crippen LogP contribution in [0, 0.1) is 0 Å². The molecule has 17 heavy (non-hydrogen) atoms. The van der Waals surface area contributed by atoms with Crippen molar-refractivity contribution in [2.75, 3.05) is 0 Å². The van der Waals surface area contributed by atoms with Crippen molar-refractivity contribution in [2.24, 2.45) is 12.0 Å². The maximum atomic E-state index is 10.6. The quantitative estimate of drug-likeness (QED) is 0.572. The average Bonchev–Trinajstić information content (AvgIpc) is 2.65. The van der Waals surface area contributed by atoms with Gasteiger partial charge in [-0.25, -0.2) is 4.79 Å². The fourth-order valence-corrected chi connectivity index (χ4v) is 2.62. The highest BCUT2D eigenvalue weighted by Gasteiger charge is 2.38. The second-order valence-electron chi connectivity index (χ2n) is 4.79. The zero-order valence-corrected chi connectivity index (χ0v) is 9.81. The Hall–Kier alpha value is -1.86. The van der Waals surface area contributed by atoms with Gasteiger partial charge in [0, 0.05) is 18.8 Å². The van der Waals surface area contributed by atoms with Gasteiger partial charge in [-0.15, -0.1) is 0 Å². The Morgan fingerprint density at radius 3 is 2.82 bits per heavy atom. The average molecular weight is 226 g/mol. The lowest BCUT2D eigenvalue weighted by Crippen LogP contribution is -2.31. The van der Waals surface area contributed by atoms with E-state index in [0.29, 0.717) is 0 Å². The van der Waals surface area contributed by atoms with E-state index in [2.05, 4.69) is 33.8 Å². The molecule has 0 atom stereocenters. The summed E-state index contributed by atoms with van der Waals surface area (Å²) >= 11 is 0. The van der Waals surface area contributed by atoms with Crippen LogP contribution in [0.5, 0.6) is 0 Å². The smallest absolute Gasteiger partial charge is 0.235 e. The molecule has 0 radical (unpaired) electrons. The first-order valence-electron chi connectivity index (χ1n) is 5.90. The second-order valence-corrected chi connectivity index (χ2v) is 4.79. The minimum Gasteiger partial charge on any atom is -0.351 e. The maximum Gasteiger partial charge on any atom is 0.235 e. The minimum absolute atomic E-state index is 0.291. The molecule has 0 N–H and O–H groups in total. The van der Waals surface area contributed by atoms with Crippen LogP contribution in [0.2, 0.25) is 0 Å². The molecule has 0 unspecified atom stereocenters. The van der Waals surface area contributed by atoms with Crippen molar-refractivity contribution in [2.45, 2.75) is 24.8 Å². The van der Waals surface area contributed by atoms with Gasteiger partial charge in [0.15, 0.2) is 0 Å². The Bertz CT molecular complexity index is 616. The van der Waals surface area contributed by atoms with Crippen LogP contribution in [0.1, 0.15) is 24.8 Å². The summed E-state index contributed by atoms with van der Waals surface area (Å²) in [5.74, 6) is 0. The molecular weight excluding hydrogens is 212 g/mol. The first-order chi connectivity index (χ1) is 8.25. The number of hydrogen-bond acceptors (Lipinski definition) is 2. The molecule has 0 saturated heterocycles. The molecule has 0 spiro atoms. The van der Waals surface area contributed by atoms with E-state index < -0.39 is 0 Å². The Kier molecular flexibility index (Phi) is 2.17. The number of isocyanates is 1. The molecule has 3 heteroatoms. The van der Waals surface area contributed by atoms with Gasteiger partial charge in [0.05, 0.1) is 5.54 Å². The molecule has 3 nitrogen and oxygen atoms in total. The van der Waals surface area contributed by atoms with Gasteiger partial charge in [0.25, 0.3) is 0 Å². The normalized spacial score (nSPS) is 17.5. The fourth-order valence-electron chi connectivity index (χ4n) is 2.62. The third-order valence-electron chi connectivity index (χ3n) is 3.87. The van der Waals surface area contributed by atoms with E-state index in [1.165, 1.54) is 10.9 Å². The van der Waals surface area contributed by atoms with E-state index in [4.69, 9.17) is 0 Å². The molecule has 0 aliphatic heterocycles. The first-order valence-corrected chi connectivity index (χ1v) is 5.90. The predicted octanol–water partition coefficient (Wildman–Crippen LogP) is 2.89. The number of hydrogen-bond donors (Lipinski definition) is 0. The molecule has 1 fully saturated rings. The number of benzene rings is 1. The molecule has 1 aliphatic rings. The SMILES string of the molecule is Cn1ccc2ccc(C3(N=C=O)CCC3)cc21. The van der Waals surface area contributed by atoms with Gasteiger partial charge in [-0.05, 0) is 42.3 Å². The molecule has 1 saturated carbocycles. The Labute approximate surface area is 99.8 Å². The van der Waals surface area contributed by atoms with Crippen LogP contribution < -0.4 is 0 Å². The molecule has 2 aromatic rings. The second kappa shape index (κ2) is 3.57. The molecule has 1 aliphatic carbocycles. The zero-order chi connectivity index (χ0) is 11.9. The van der Waals surface area contributed by atoms with E-state index in [0.717, 1.165) is 24.8 Å². The molecule has 1 aromatic carbocycles. The lowest BCUT2D eigenvalue weighted by Gasteiger charge is -2.37. The van der Waals surface area contributed by atoms with Crippen LogP contribution >= 0.6 is 0 Å². The van der Waals surface area contributed by atoms with Crippen molar-refractivity contribution >= 4 is 17.0 Å². The summed E-state index contributed by atoms with van der Waals surface area (Å²) in [7, 11) is 2.03. The summed E-state index contributed by atoms with van der Waals surface area (Å²) in [5, 5.41) is 1.22. The highest BCUT2D eigenvalue weighted by molar-refractivity contribution is 5.81. The Balaban J connectivity index is 2.16. The van der Waals surface area contributed by atoms with Crippen LogP contribution in [0.3, 0.4) is 0 Å². The van der Waals surface area contributed by atoms with E-state index in [1.807, 2.05) is 13.2 Å². The van der Waals surface area contributed by atoms with Gasteiger partial charge in [-0.2, -0.15) is 4.99 Å². The summed E-state index contributed by atoms with van der Waals surface area (Å²) in [5.41, 5.74) is 2.04. The number of nitrogens with zero attached hydrogens (tertiary/aromatic N) is 2. The Morgan fingerprint density at radius 1 is 1.35 bits per heavy atom. The van der Waals surface area contributed by atoms with Gasteiger partial charge in [-0.3, -0.25) is 0 Å². The number of carbonyl (C=O) groups excluding carboxylic acids is 1. The summed E-state index contributed by atoms with van der Waals surface area (Å²) in [6.07, 6.45) is 6.83. The fraction of sp³-hybridized carbons (Fsp3) is 0.357. The Morgan fingerprint density at radius 2 is 2.18 bits per heavy atom. The van der Waals surface area contributed by atoms with E-state index in [1.54, 1.807) is 6.08 Å².